The molecule has 2 aromatic rings. The van der Waals surface area contributed by atoms with Crippen LogP contribution in [0.15, 0.2) is 54.6 Å². The molecule has 1 heterocycles. The summed E-state index contributed by atoms with van der Waals surface area (Å²) in [4.78, 5) is 15.0. The Morgan fingerprint density at radius 2 is 1.84 bits per heavy atom. The third-order valence-electron chi connectivity index (χ3n) is 4.82. The van der Waals surface area contributed by atoms with E-state index >= 15 is 0 Å². The molecular weight excluding hydrogens is 308 g/mol. The zero-order chi connectivity index (χ0) is 17.6. The lowest BCUT2D eigenvalue weighted by Gasteiger charge is -2.30. The van der Waals surface area contributed by atoms with Gasteiger partial charge in [-0.05, 0) is 35.6 Å². The molecule has 0 aliphatic carbocycles. The normalized spacial score (nSPS) is 17.0. The van der Waals surface area contributed by atoms with E-state index < -0.39 is 0 Å². The maximum atomic E-state index is 12.9. The zero-order valence-electron chi connectivity index (χ0n) is 15.2. The number of hydrogen-bond acceptors (Lipinski definition) is 2. The van der Waals surface area contributed by atoms with Crippen LogP contribution in [0.3, 0.4) is 0 Å². The standard InChI is InChI=1S/C22H28N2O/c1-17(2)14-22(25)24(20-12-13-23-15-20)16-19-10-6-7-11-21(19)18-8-4-3-5-9-18/h3-11,17,20,23H,12-16H2,1-2H3/t20-/m0/s1. The first-order chi connectivity index (χ1) is 12.1. The van der Waals surface area contributed by atoms with Crippen LogP contribution in [-0.2, 0) is 11.3 Å². The fraction of sp³-hybridized carbons (Fsp3) is 0.409. The van der Waals surface area contributed by atoms with Crippen molar-refractivity contribution in [3.05, 3.63) is 60.2 Å². The van der Waals surface area contributed by atoms with Crippen molar-refractivity contribution in [1.29, 1.82) is 0 Å². The molecule has 3 nitrogen and oxygen atoms in total. The predicted octanol–water partition coefficient (Wildman–Crippen LogP) is 4.09. The van der Waals surface area contributed by atoms with Gasteiger partial charge in [0.25, 0.3) is 0 Å². The highest BCUT2D eigenvalue weighted by atomic mass is 16.2. The number of nitrogens with zero attached hydrogens (tertiary/aromatic N) is 1. The average Bonchev–Trinajstić information content (AvgIpc) is 3.14. The summed E-state index contributed by atoms with van der Waals surface area (Å²) < 4.78 is 0. The van der Waals surface area contributed by atoms with Gasteiger partial charge >= 0.3 is 0 Å². The summed E-state index contributed by atoms with van der Waals surface area (Å²) in [6, 6.07) is 19.2. The lowest BCUT2D eigenvalue weighted by molar-refractivity contribution is -0.134. The van der Waals surface area contributed by atoms with E-state index in [4.69, 9.17) is 0 Å². The van der Waals surface area contributed by atoms with Crippen molar-refractivity contribution in [2.24, 2.45) is 5.92 Å². The Hall–Kier alpha value is -2.13. The molecule has 0 saturated carbocycles. The molecule has 0 bridgehead atoms. The molecule has 1 aliphatic heterocycles. The van der Waals surface area contributed by atoms with Crippen LogP contribution in [0.25, 0.3) is 11.1 Å². The summed E-state index contributed by atoms with van der Waals surface area (Å²) in [5.74, 6) is 0.653. The van der Waals surface area contributed by atoms with Crippen LogP contribution in [0, 0.1) is 5.92 Å². The Morgan fingerprint density at radius 3 is 2.52 bits per heavy atom. The van der Waals surface area contributed by atoms with E-state index in [1.807, 2.05) is 6.07 Å². The Labute approximate surface area is 151 Å². The average molecular weight is 336 g/mol. The highest BCUT2D eigenvalue weighted by molar-refractivity contribution is 5.77. The van der Waals surface area contributed by atoms with Crippen molar-refractivity contribution in [3.63, 3.8) is 0 Å². The quantitative estimate of drug-likeness (QED) is 0.862. The van der Waals surface area contributed by atoms with Crippen molar-refractivity contribution in [3.8, 4) is 11.1 Å². The molecular formula is C22H28N2O. The number of rotatable bonds is 6. The molecule has 1 aliphatic rings. The van der Waals surface area contributed by atoms with E-state index in [0.717, 1.165) is 19.5 Å². The number of carbonyl (C=O) groups excluding carboxylic acids is 1. The van der Waals surface area contributed by atoms with Crippen molar-refractivity contribution in [2.45, 2.75) is 39.3 Å². The van der Waals surface area contributed by atoms with Gasteiger partial charge in [-0.15, -0.1) is 0 Å². The number of amides is 1. The van der Waals surface area contributed by atoms with Crippen LogP contribution in [0.5, 0.6) is 0 Å². The maximum Gasteiger partial charge on any atom is 0.223 e. The molecule has 1 N–H and O–H groups in total. The van der Waals surface area contributed by atoms with Gasteiger partial charge in [0.05, 0.1) is 0 Å². The third-order valence-corrected chi connectivity index (χ3v) is 4.82. The highest BCUT2D eigenvalue weighted by Gasteiger charge is 2.27. The van der Waals surface area contributed by atoms with Crippen molar-refractivity contribution in [1.82, 2.24) is 10.2 Å². The minimum Gasteiger partial charge on any atom is -0.334 e. The molecule has 1 saturated heterocycles. The maximum absolute atomic E-state index is 12.9. The summed E-state index contributed by atoms with van der Waals surface area (Å²) in [6.07, 6.45) is 1.65. The van der Waals surface area contributed by atoms with Crippen LogP contribution >= 0.6 is 0 Å². The van der Waals surface area contributed by atoms with E-state index in [9.17, 15) is 4.79 Å². The second-order valence-electron chi connectivity index (χ2n) is 7.29. The summed E-state index contributed by atoms with van der Waals surface area (Å²) >= 11 is 0. The Balaban J connectivity index is 1.88. The summed E-state index contributed by atoms with van der Waals surface area (Å²) in [5, 5.41) is 3.40. The van der Waals surface area contributed by atoms with E-state index in [1.165, 1.54) is 16.7 Å². The molecule has 0 radical (unpaired) electrons. The lowest BCUT2D eigenvalue weighted by Crippen LogP contribution is -2.41. The van der Waals surface area contributed by atoms with Gasteiger partial charge in [0.1, 0.15) is 0 Å². The number of carbonyl (C=O) groups is 1. The predicted molar refractivity (Wildman–Crippen MR) is 103 cm³/mol. The van der Waals surface area contributed by atoms with Crippen LogP contribution in [0.1, 0.15) is 32.3 Å². The molecule has 0 aromatic heterocycles. The van der Waals surface area contributed by atoms with Crippen LogP contribution in [0.4, 0.5) is 0 Å². The molecule has 3 heteroatoms. The molecule has 2 aromatic carbocycles. The summed E-state index contributed by atoms with van der Waals surface area (Å²) in [6.45, 7) is 6.80. The molecule has 3 rings (SSSR count). The smallest absolute Gasteiger partial charge is 0.223 e. The number of benzene rings is 2. The van der Waals surface area contributed by atoms with Crippen molar-refractivity contribution >= 4 is 5.91 Å². The van der Waals surface area contributed by atoms with Crippen molar-refractivity contribution in [2.75, 3.05) is 13.1 Å². The van der Waals surface area contributed by atoms with E-state index in [1.54, 1.807) is 0 Å². The van der Waals surface area contributed by atoms with Crippen LogP contribution in [-0.4, -0.2) is 29.9 Å². The van der Waals surface area contributed by atoms with Gasteiger partial charge in [-0.1, -0.05) is 68.4 Å². The number of nitrogens with one attached hydrogen (secondary N) is 1. The minimum absolute atomic E-state index is 0.270. The summed E-state index contributed by atoms with van der Waals surface area (Å²) in [7, 11) is 0. The van der Waals surface area contributed by atoms with E-state index in [2.05, 4.69) is 72.6 Å². The van der Waals surface area contributed by atoms with E-state index in [0.29, 0.717) is 24.9 Å². The lowest BCUT2D eigenvalue weighted by atomic mass is 9.98. The van der Waals surface area contributed by atoms with Gasteiger partial charge < -0.3 is 10.2 Å². The molecule has 1 amide bonds. The largest absolute Gasteiger partial charge is 0.334 e. The molecule has 25 heavy (non-hydrogen) atoms. The summed E-state index contributed by atoms with van der Waals surface area (Å²) in [5.41, 5.74) is 3.65. The Kier molecular flexibility index (Phi) is 5.87. The second-order valence-corrected chi connectivity index (χ2v) is 7.29. The first kappa shape index (κ1) is 17.7. The molecule has 0 spiro atoms. The van der Waals surface area contributed by atoms with Gasteiger partial charge in [-0.3, -0.25) is 4.79 Å². The third kappa shape index (κ3) is 4.49. The minimum atomic E-state index is 0.270. The van der Waals surface area contributed by atoms with Gasteiger partial charge in [0.15, 0.2) is 0 Å². The fourth-order valence-corrected chi connectivity index (χ4v) is 3.53. The molecule has 132 valence electrons. The molecule has 1 atom stereocenters. The molecule has 1 fully saturated rings. The first-order valence-corrected chi connectivity index (χ1v) is 9.28. The van der Waals surface area contributed by atoms with Crippen molar-refractivity contribution < 1.29 is 4.79 Å². The van der Waals surface area contributed by atoms with Gasteiger partial charge in [0, 0.05) is 25.6 Å². The van der Waals surface area contributed by atoms with Gasteiger partial charge in [0.2, 0.25) is 5.91 Å². The SMILES string of the molecule is CC(C)CC(=O)N(Cc1ccccc1-c1ccccc1)[C@H]1CCNC1. The Morgan fingerprint density at radius 1 is 1.12 bits per heavy atom. The van der Waals surface area contributed by atoms with Crippen LogP contribution < -0.4 is 5.32 Å². The van der Waals surface area contributed by atoms with Gasteiger partial charge in [-0.25, -0.2) is 0 Å². The first-order valence-electron chi connectivity index (χ1n) is 9.28. The van der Waals surface area contributed by atoms with E-state index in [-0.39, 0.29) is 5.91 Å². The van der Waals surface area contributed by atoms with Gasteiger partial charge in [-0.2, -0.15) is 0 Å². The zero-order valence-corrected chi connectivity index (χ0v) is 15.2. The second kappa shape index (κ2) is 8.30. The molecule has 0 unspecified atom stereocenters. The highest BCUT2D eigenvalue weighted by Crippen LogP contribution is 2.26. The Bertz CT molecular complexity index is 690. The van der Waals surface area contributed by atoms with Crippen LogP contribution in [0.2, 0.25) is 0 Å². The number of hydrogen-bond donors (Lipinski definition) is 1. The topological polar surface area (TPSA) is 32.3 Å². The monoisotopic (exact) mass is 336 g/mol. The fourth-order valence-electron chi connectivity index (χ4n) is 3.53.